The molecule has 5 heteroatoms. The maximum atomic E-state index is 11.1. The highest BCUT2D eigenvalue weighted by Crippen LogP contribution is 2.30. The molecule has 108 valence electrons. The van der Waals surface area contributed by atoms with Crippen LogP contribution in [0.5, 0.6) is 0 Å². The van der Waals surface area contributed by atoms with Crippen molar-refractivity contribution in [1.29, 1.82) is 0 Å². The van der Waals surface area contributed by atoms with Crippen LogP contribution in [0.25, 0.3) is 11.0 Å². The molecule has 0 saturated carbocycles. The summed E-state index contributed by atoms with van der Waals surface area (Å²) in [5, 5.41) is 9.08. The van der Waals surface area contributed by atoms with Gasteiger partial charge in [0.15, 0.2) is 0 Å². The molecule has 1 atom stereocenters. The van der Waals surface area contributed by atoms with Gasteiger partial charge in [0.2, 0.25) is 0 Å². The first-order chi connectivity index (χ1) is 9.97. The molecule has 0 aliphatic heterocycles. The predicted octanol–water partition coefficient (Wildman–Crippen LogP) is 4.02. The molecule has 3 aromatic rings. The Balaban J connectivity index is 2.14. The fourth-order valence-electron chi connectivity index (χ4n) is 2.65. The van der Waals surface area contributed by atoms with E-state index < -0.39 is 5.97 Å². The lowest BCUT2D eigenvalue weighted by Gasteiger charge is -2.15. The smallest absolute Gasteiger partial charge is 0.335 e. The van der Waals surface area contributed by atoms with Crippen molar-refractivity contribution in [3.8, 4) is 0 Å². The highest BCUT2D eigenvalue weighted by atomic mass is 32.1. The normalized spacial score (nSPS) is 12.7. The van der Waals surface area contributed by atoms with E-state index in [4.69, 9.17) is 5.11 Å². The molecule has 1 N–H and O–H groups in total. The van der Waals surface area contributed by atoms with Gasteiger partial charge in [0.05, 0.1) is 22.6 Å². The molecule has 2 heterocycles. The average molecular weight is 300 g/mol. The molecule has 21 heavy (non-hydrogen) atoms. The van der Waals surface area contributed by atoms with Crippen LogP contribution in [-0.2, 0) is 0 Å². The SMILES string of the molecule is Cc1ccc(C(C)n2c(C)nc3cc(C(=O)O)ccc32)s1. The Bertz CT molecular complexity index is 832. The summed E-state index contributed by atoms with van der Waals surface area (Å²) in [4.78, 5) is 18.1. The zero-order valence-corrected chi connectivity index (χ0v) is 12.9. The Labute approximate surface area is 126 Å². The summed E-state index contributed by atoms with van der Waals surface area (Å²) >= 11 is 1.78. The maximum absolute atomic E-state index is 11.1. The maximum Gasteiger partial charge on any atom is 0.335 e. The molecule has 1 unspecified atom stereocenters. The Morgan fingerprint density at radius 1 is 1.29 bits per heavy atom. The number of aryl methyl sites for hydroxylation is 2. The summed E-state index contributed by atoms with van der Waals surface area (Å²) < 4.78 is 2.16. The van der Waals surface area contributed by atoms with E-state index in [1.807, 2.05) is 13.0 Å². The van der Waals surface area contributed by atoms with Gasteiger partial charge in [0.25, 0.3) is 0 Å². The number of carboxylic acid groups (broad SMARTS) is 1. The standard InChI is InChI=1S/C16H16N2O2S/c1-9-4-7-15(21-9)10(2)18-11(3)17-13-8-12(16(19)20)5-6-14(13)18/h4-8,10H,1-3H3,(H,19,20). The lowest BCUT2D eigenvalue weighted by molar-refractivity contribution is 0.0697. The average Bonchev–Trinajstić information content (AvgIpc) is 2.99. The highest BCUT2D eigenvalue weighted by Gasteiger charge is 2.17. The molecule has 1 aromatic carbocycles. The lowest BCUT2D eigenvalue weighted by Crippen LogP contribution is -2.07. The second-order valence-electron chi connectivity index (χ2n) is 5.16. The van der Waals surface area contributed by atoms with Gasteiger partial charge in [0, 0.05) is 9.75 Å². The number of aromatic nitrogens is 2. The summed E-state index contributed by atoms with van der Waals surface area (Å²) in [7, 11) is 0. The first kappa shape index (κ1) is 13.8. The van der Waals surface area contributed by atoms with Crippen LogP contribution in [0.2, 0.25) is 0 Å². The molecule has 0 fully saturated rings. The fourth-order valence-corrected chi connectivity index (χ4v) is 3.57. The minimum absolute atomic E-state index is 0.185. The largest absolute Gasteiger partial charge is 0.478 e. The lowest BCUT2D eigenvalue weighted by atomic mass is 10.2. The number of benzene rings is 1. The van der Waals surface area contributed by atoms with Gasteiger partial charge in [-0.05, 0) is 51.1 Å². The van der Waals surface area contributed by atoms with Crippen molar-refractivity contribution >= 4 is 28.3 Å². The Morgan fingerprint density at radius 2 is 2.05 bits per heavy atom. The summed E-state index contributed by atoms with van der Waals surface area (Å²) in [5.74, 6) is -0.0304. The van der Waals surface area contributed by atoms with Crippen molar-refractivity contribution in [2.45, 2.75) is 26.8 Å². The van der Waals surface area contributed by atoms with E-state index in [0.717, 1.165) is 16.9 Å². The van der Waals surface area contributed by atoms with Gasteiger partial charge in [0.1, 0.15) is 5.82 Å². The van der Waals surface area contributed by atoms with E-state index in [0.29, 0.717) is 0 Å². The van der Waals surface area contributed by atoms with Crippen molar-refractivity contribution in [1.82, 2.24) is 9.55 Å². The third kappa shape index (κ3) is 2.34. The summed E-state index contributed by atoms with van der Waals surface area (Å²) in [6.07, 6.45) is 0. The van der Waals surface area contributed by atoms with Gasteiger partial charge in [-0.1, -0.05) is 0 Å². The van der Waals surface area contributed by atoms with E-state index in [9.17, 15) is 4.79 Å². The molecule has 0 aliphatic carbocycles. The number of thiophene rings is 1. The third-order valence-corrected chi connectivity index (χ3v) is 4.84. The van der Waals surface area contributed by atoms with Gasteiger partial charge in [-0.15, -0.1) is 11.3 Å². The summed E-state index contributed by atoms with van der Waals surface area (Å²) in [6.45, 7) is 6.20. The molecule has 0 amide bonds. The molecular formula is C16H16N2O2S. The van der Waals surface area contributed by atoms with Gasteiger partial charge >= 0.3 is 5.97 Å². The topological polar surface area (TPSA) is 55.1 Å². The second-order valence-corrected chi connectivity index (χ2v) is 6.48. The van der Waals surface area contributed by atoms with E-state index in [1.54, 1.807) is 23.5 Å². The number of imidazole rings is 1. The molecule has 4 nitrogen and oxygen atoms in total. The van der Waals surface area contributed by atoms with Crippen molar-refractivity contribution < 1.29 is 9.90 Å². The van der Waals surface area contributed by atoms with Crippen LogP contribution in [-0.4, -0.2) is 20.6 Å². The molecule has 0 aliphatic rings. The second kappa shape index (κ2) is 5.00. The quantitative estimate of drug-likeness (QED) is 0.794. The van der Waals surface area contributed by atoms with Gasteiger partial charge < -0.3 is 9.67 Å². The number of hydrogen-bond acceptors (Lipinski definition) is 3. The minimum Gasteiger partial charge on any atom is -0.478 e. The number of hydrogen-bond donors (Lipinski definition) is 1. The van der Waals surface area contributed by atoms with E-state index >= 15 is 0 Å². The van der Waals surface area contributed by atoms with Crippen LogP contribution in [0, 0.1) is 13.8 Å². The number of aromatic carboxylic acids is 1. The highest BCUT2D eigenvalue weighted by molar-refractivity contribution is 7.12. The van der Waals surface area contributed by atoms with Gasteiger partial charge in [-0.2, -0.15) is 0 Å². The van der Waals surface area contributed by atoms with Gasteiger partial charge in [-0.3, -0.25) is 0 Å². The van der Waals surface area contributed by atoms with Crippen molar-refractivity contribution in [2.24, 2.45) is 0 Å². The van der Waals surface area contributed by atoms with Crippen LogP contribution in [0.15, 0.2) is 30.3 Å². The number of nitrogens with zero attached hydrogens (tertiary/aromatic N) is 2. The summed E-state index contributed by atoms with van der Waals surface area (Å²) in [6, 6.07) is 9.55. The van der Waals surface area contributed by atoms with E-state index in [1.165, 1.54) is 9.75 Å². The first-order valence-corrected chi connectivity index (χ1v) is 7.57. The Kier molecular flexibility index (Phi) is 3.29. The number of carboxylic acids is 1. The van der Waals surface area contributed by atoms with E-state index in [2.05, 4.69) is 35.5 Å². The minimum atomic E-state index is -0.925. The molecule has 0 bridgehead atoms. The number of carbonyl (C=O) groups is 1. The molecule has 0 spiro atoms. The Morgan fingerprint density at radius 3 is 2.67 bits per heavy atom. The third-order valence-electron chi connectivity index (χ3n) is 3.67. The molecule has 3 rings (SSSR count). The van der Waals surface area contributed by atoms with Crippen LogP contribution in [0.1, 0.15) is 38.9 Å². The first-order valence-electron chi connectivity index (χ1n) is 6.75. The molecule has 0 saturated heterocycles. The van der Waals surface area contributed by atoms with Crippen molar-refractivity contribution in [3.63, 3.8) is 0 Å². The van der Waals surface area contributed by atoms with Crippen LogP contribution in [0.4, 0.5) is 0 Å². The predicted molar refractivity (Wildman–Crippen MR) is 84.3 cm³/mol. The van der Waals surface area contributed by atoms with Gasteiger partial charge in [-0.25, -0.2) is 9.78 Å². The Hall–Kier alpha value is -2.14. The van der Waals surface area contributed by atoms with Crippen LogP contribution >= 0.6 is 11.3 Å². The van der Waals surface area contributed by atoms with Crippen molar-refractivity contribution in [3.05, 3.63) is 51.5 Å². The number of rotatable bonds is 3. The van der Waals surface area contributed by atoms with Crippen molar-refractivity contribution in [2.75, 3.05) is 0 Å². The van der Waals surface area contributed by atoms with Crippen LogP contribution in [0.3, 0.4) is 0 Å². The molecule has 2 aromatic heterocycles. The molecule has 0 radical (unpaired) electrons. The van der Waals surface area contributed by atoms with E-state index in [-0.39, 0.29) is 11.6 Å². The zero-order valence-electron chi connectivity index (χ0n) is 12.1. The fraction of sp³-hybridized carbons (Fsp3) is 0.250. The monoisotopic (exact) mass is 300 g/mol. The molecular weight excluding hydrogens is 284 g/mol. The number of fused-ring (bicyclic) bond motifs is 1. The summed E-state index contributed by atoms with van der Waals surface area (Å²) in [5.41, 5.74) is 1.97. The van der Waals surface area contributed by atoms with Crippen LogP contribution < -0.4 is 0 Å². The zero-order chi connectivity index (χ0) is 15.1.